The Kier molecular flexibility index (Phi) is 5.76. The summed E-state index contributed by atoms with van der Waals surface area (Å²) >= 11 is 0. The molecule has 7 nitrogen and oxygen atoms in total. The van der Waals surface area contributed by atoms with Gasteiger partial charge in [-0.05, 0) is 0 Å². The van der Waals surface area contributed by atoms with Gasteiger partial charge in [-0.3, -0.25) is 0 Å². The maximum atomic E-state index is 11.4. The van der Waals surface area contributed by atoms with Crippen molar-refractivity contribution in [3.05, 3.63) is 47.7 Å². The van der Waals surface area contributed by atoms with E-state index in [2.05, 4.69) is 14.6 Å². The summed E-state index contributed by atoms with van der Waals surface area (Å²) in [5.41, 5.74) is 6.28. The van der Waals surface area contributed by atoms with Crippen molar-refractivity contribution in [3.8, 4) is 0 Å². The summed E-state index contributed by atoms with van der Waals surface area (Å²) in [4.78, 5) is 27.3. The summed E-state index contributed by atoms with van der Waals surface area (Å²) in [5.74, 6) is -2.04. The van der Waals surface area contributed by atoms with Crippen LogP contribution in [0.1, 0.15) is 5.56 Å². The number of nitrogens with zero attached hydrogens (tertiary/aromatic N) is 1. The minimum Gasteiger partial charge on any atom is -0.466 e. The molecule has 0 aliphatic carbocycles. The third-order valence-electron chi connectivity index (χ3n) is 2.15. The number of benzene rings is 1. The molecule has 0 saturated heterocycles. The molecule has 0 aliphatic heterocycles. The highest BCUT2D eigenvalue weighted by molar-refractivity contribution is 5.97. The van der Waals surface area contributed by atoms with Crippen molar-refractivity contribution in [2.75, 3.05) is 14.2 Å². The van der Waals surface area contributed by atoms with Crippen LogP contribution in [-0.2, 0) is 23.9 Å². The topological polar surface area (TPSA) is 100 Å². The molecule has 0 atom stereocenters. The van der Waals surface area contributed by atoms with Crippen molar-refractivity contribution in [1.29, 1.82) is 0 Å². The zero-order chi connectivity index (χ0) is 15.0. The number of ether oxygens (including phenoxy) is 2. The molecule has 1 rings (SSSR count). The van der Waals surface area contributed by atoms with E-state index < -0.39 is 17.7 Å². The molecule has 7 heteroatoms. The molecule has 1 aromatic rings. The Morgan fingerprint density at radius 1 is 1.15 bits per heavy atom. The molecular weight excluding hydrogens is 264 g/mol. The van der Waals surface area contributed by atoms with Crippen molar-refractivity contribution in [2.45, 2.75) is 0 Å². The van der Waals surface area contributed by atoms with Crippen LogP contribution in [0.25, 0.3) is 0 Å². The lowest BCUT2D eigenvalue weighted by atomic mass is 10.2. The number of carbonyl (C=O) groups is 2. The number of nitrogens with two attached hydrogens (primary N) is 1. The minimum absolute atomic E-state index is 0.0465. The van der Waals surface area contributed by atoms with Crippen LogP contribution < -0.4 is 5.73 Å². The molecule has 0 amide bonds. The number of carbonyl (C=O) groups excluding carboxylic acids is 2. The molecular formula is C13H14N2O5. The van der Waals surface area contributed by atoms with Crippen LogP contribution in [-0.4, -0.2) is 32.0 Å². The number of hydrogen-bond donors (Lipinski definition) is 1. The van der Waals surface area contributed by atoms with E-state index in [1.165, 1.54) is 0 Å². The Labute approximate surface area is 115 Å². The summed E-state index contributed by atoms with van der Waals surface area (Å²) in [6.07, 6.45) is 0.813. The summed E-state index contributed by atoms with van der Waals surface area (Å²) in [6, 6.07) is 8.77. The molecule has 2 N–H and O–H groups in total. The first-order valence-electron chi connectivity index (χ1n) is 5.52. The minimum atomic E-state index is -0.875. The first kappa shape index (κ1) is 15.2. The first-order chi connectivity index (χ1) is 9.58. The monoisotopic (exact) mass is 278 g/mol. The predicted molar refractivity (Wildman–Crippen MR) is 70.4 cm³/mol. The van der Waals surface area contributed by atoms with Gasteiger partial charge in [0.05, 0.1) is 20.3 Å². The number of esters is 2. The van der Waals surface area contributed by atoms with E-state index in [0.29, 0.717) is 5.56 Å². The average Bonchev–Trinajstić information content (AvgIpc) is 2.50. The Morgan fingerprint density at radius 2 is 1.80 bits per heavy atom. The zero-order valence-electron chi connectivity index (χ0n) is 11.0. The summed E-state index contributed by atoms with van der Waals surface area (Å²) in [6.45, 7) is 0. The van der Waals surface area contributed by atoms with Crippen LogP contribution in [0, 0.1) is 0 Å². The molecule has 0 spiro atoms. The average molecular weight is 278 g/mol. The van der Waals surface area contributed by atoms with Crippen molar-refractivity contribution in [2.24, 2.45) is 10.9 Å². The third-order valence-corrected chi connectivity index (χ3v) is 2.15. The van der Waals surface area contributed by atoms with Crippen molar-refractivity contribution < 1.29 is 23.9 Å². The predicted octanol–water partition coefficient (Wildman–Crippen LogP) is 0.553. The van der Waals surface area contributed by atoms with E-state index >= 15 is 0 Å². The van der Waals surface area contributed by atoms with Crippen LogP contribution in [0.5, 0.6) is 0 Å². The van der Waals surface area contributed by atoms with E-state index in [-0.39, 0.29) is 5.84 Å². The second kappa shape index (κ2) is 7.57. The fourth-order valence-electron chi connectivity index (χ4n) is 1.15. The smallest absolute Gasteiger partial charge is 0.377 e. The highest BCUT2D eigenvalue weighted by Crippen LogP contribution is 2.04. The van der Waals surface area contributed by atoms with Crippen LogP contribution in [0.3, 0.4) is 0 Å². The molecule has 0 aromatic heterocycles. The first-order valence-corrected chi connectivity index (χ1v) is 5.52. The number of hydrogen-bond acceptors (Lipinski definition) is 6. The Morgan fingerprint density at radius 3 is 2.35 bits per heavy atom. The van der Waals surface area contributed by atoms with Crippen LogP contribution in [0.15, 0.2) is 47.3 Å². The zero-order valence-corrected chi connectivity index (χ0v) is 11.0. The maximum Gasteiger partial charge on any atom is 0.377 e. The second-order valence-electron chi connectivity index (χ2n) is 3.46. The molecule has 20 heavy (non-hydrogen) atoms. The van der Waals surface area contributed by atoms with Gasteiger partial charge in [-0.2, -0.15) is 0 Å². The van der Waals surface area contributed by atoms with Gasteiger partial charge in [0.1, 0.15) is 0 Å². The van der Waals surface area contributed by atoms with Crippen LogP contribution >= 0.6 is 0 Å². The van der Waals surface area contributed by atoms with Gasteiger partial charge in [0.2, 0.25) is 5.76 Å². The Hall–Kier alpha value is -2.83. The molecule has 1 aromatic carbocycles. The second-order valence-corrected chi connectivity index (χ2v) is 3.46. The molecule has 0 saturated carbocycles. The Bertz CT molecular complexity index is 537. The van der Waals surface area contributed by atoms with Gasteiger partial charge in [-0.25, -0.2) is 9.59 Å². The third kappa shape index (κ3) is 4.45. The number of amidine groups is 1. The largest absolute Gasteiger partial charge is 0.466 e. The number of oxime groups is 1. The summed E-state index contributed by atoms with van der Waals surface area (Å²) in [7, 11) is 2.30. The van der Waals surface area contributed by atoms with Gasteiger partial charge >= 0.3 is 11.9 Å². The fraction of sp³-hybridized carbons (Fsp3) is 0.154. The molecule has 0 unspecified atom stereocenters. The van der Waals surface area contributed by atoms with Crippen molar-refractivity contribution >= 4 is 17.8 Å². The van der Waals surface area contributed by atoms with Gasteiger partial charge in [0.25, 0.3) is 0 Å². The quantitative estimate of drug-likeness (QED) is 0.211. The van der Waals surface area contributed by atoms with Crippen LogP contribution in [0.4, 0.5) is 0 Å². The molecule has 0 heterocycles. The Balaban J connectivity index is 2.89. The molecule has 0 fully saturated rings. The van der Waals surface area contributed by atoms with Gasteiger partial charge in [0.15, 0.2) is 5.84 Å². The van der Waals surface area contributed by atoms with Crippen molar-refractivity contribution in [3.63, 3.8) is 0 Å². The van der Waals surface area contributed by atoms with Gasteiger partial charge in [-0.1, -0.05) is 35.5 Å². The highest BCUT2D eigenvalue weighted by atomic mass is 16.7. The molecule has 0 bridgehead atoms. The van der Waals surface area contributed by atoms with E-state index in [4.69, 9.17) is 10.6 Å². The van der Waals surface area contributed by atoms with E-state index in [0.717, 1.165) is 20.3 Å². The van der Waals surface area contributed by atoms with Crippen molar-refractivity contribution in [1.82, 2.24) is 0 Å². The van der Waals surface area contributed by atoms with Gasteiger partial charge in [0, 0.05) is 5.56 Å². The lowest BCUT2D eigenvalue weighted by Crippen LogP contribution is -2.15. The summed E-state index contributed by atoms with van der Waals surface area (Å²) < 4.78 is 8.83. The standard InChI is InChI=1S/C13H14N2O5/c1-18-11(16)8-10(13(17)19-2)20-15-12(14)9-6-4-3-5-7-9/h3-8H,1-2H3,(H2,14,15)/b10-8-. The lowest BCUT2D eigenvalue weighted by Gasteiger charge is -2.04. The molecule has 0 aliphatic rings. The summed E-state index contributed by atoms with van der Waals surface area (Å²) in [5, 5.41) is 3.57. The number of rotatable bonds is 5. The van der Waals surface area contributed by atoms with Gasteiger partial charge in [-0.15, -0.1) is 0 Å². The fourth-order valence-corrected chi connectivity index (χ4v) is 1.15. The van der Waals surface area contributed by atoms with Gasteiger partial charge < -0.3 is 20.0 Å². The van der Waals surface area contributed by atoms with E-state index in [1.807, 2.05) is 6.07 Å². The molecule has 106 valence electrons. The van der Waals surface area contributed by atoms with E-state index in [9.17, 15) is 9.59 Å². The maximum absolute atomic E-state index is 11.4. The molecule has 0 radical (unpaired) electrons. The van der Waals surface area contributed by atoms with E-state index in [1.54, 1.807) is 24.3 Å². The lowest BCUT2D eigenvalue weighted by molar-refractivity contribution is -0.142. The highest BCUT2D eigenvalue weighted by Gasteiger charge is 2.15. The number of methoxy groups -OCH3 is 2. The van der Waals surface area contributed by atoms with Crippen LogP contribution in [0.2, 0.25) is 0 Å². The normalized spacial score (nSPS) is 11.7. The SMILES string of the molecule is COC(=O)/C=C(\O/N=C(\N)c1ccccc1)C(=O)OC.